The second-order valence-corrected chi connectivity index (χ2v) is 5.27. The zero-order chi connectivity index (χ0) is 12.9. The van der Waals surface area contributed by atoms with Gasteiger partial charge >= 0.3 is 5.97 Å². The van der Waals surface area contributed by atoms with E-state index >= 15 is 0 Å². The van der Waals surface area contributed by atoms with Crippen LogP contribution in [0.3, 0.4) is 0 Å². The second-order valence-electron chi connectivity index (χ2n) is 5.27. The average molecular weight is 243 g/mol. The molecule has 0 amide bonds. The molecule has 1 N–H and O–H groups in total. The van der Waals surface area contributed by atoms with E-state index in [1.165, 1.54) is 7.11 Å². The van der Waals surface area contributed by atoms with Crippen LogP contribution in [0.5, 0.6) is 0 Å². The molecule has 1 atom stereocenters. The predicted molar refractivity (Wildman–Crippen MR) is 66.9 cm³/mol. The summed E-state index contributed by atoms with van der Waals surface area (Å²) in [5.41, 5.74) is -0.559. The summed E-state index contributed by atoms with van der Waals surface area (Å²) in [5.74, 6) is -0.172. The Labute approximate surface area is 104 Å². The van der Waals surface area contributed by atoms with Gasteiger partial charge in [-0.05, 0) is 46.5 Å². The lowest BCUT2D eigenvalue weighted by atomic mass is 9.96. The van der Waals surface area contributed by atoms with Crippen molar-refractivity contribution in [3.8, 4) is 0 Å². The summed E-state index contributed by atoms with van der Waals surface area (Å²) in [6.45, 7) is 6.65. The lowest BCUT2D eigenvalue weighted by Crippen LogP contribution is -2.51. The van der Waals surface area contributed by atoms with Crippen molar-refractivity contribution in [3.05, 3.63) is 0 Å². The Kier molecular flexibility index (Phi) is 5.40. The Morgan fingerprint density at radius 3 is 2.59 bits per heavy atom. The van der Waals surface area contributed by atoms with Gasteiger partial charge in [0.1, 0.15) is 5.54 Å². The third kappa shape index (κ3) is 5.04. The first-order valence-electron chi connectivity index (χ1n) is 6.45. The molecule has 0 heterocycles. The second kappa shape index (κ2) is 6.36. The summed E-state index contributed by atoms with van der Waals surface area (Å²) >= 11 is 0. The topological polar surface area (TPSA) is 47.6 Å². The maximum Gasteiger partial charge on any atom is 0.325 e. The first kappa shape index (κ1) is 14.5. The highest BCUT2D eigenvalue weighted by atomic mass is 16.5. The maximum absolute atomic E-state index is 11.8. The van der Waals surface area contributed by atoms with Crippen LogP contribution >= 0.6 is 0 Å². The van der Waals surface area contributed by atoms with Crippen LogP contribution in [-0.4, -0.2) is 37.4 Å². The minimum absolute atomic E-state index is 0.172. The van der Waals surface area contributed by atoms with Gasteiger partial charge in [-0.2, -0.15) is 0 Å². The summed E-state index contributed by atoms with van der Waals surface area (Å²) in [6, 6.07) is 0.491. The minimum atomic E-state index is -0.559. The quantitative estimate of drug-likeness (QED) is 0.522. The molecule has 1 aliphatic rings. The van der Waals surface area contributed by atoms with Crippen molar-refractivity contribution >= 4 is 5.97 Å². The van der Waals surface area contributed by atoms with E-state index in [-0.39, 0.29) is 12.1 Å². The van der Waals surface area contributed by atoms with Gasteiger partial charge in [0.25, 0.3) is 0 Å². The molecule has 0 bridgehead atoms. The summed E-state index contributed by atoms with van der Waals surface area (Å²) < 4.78 is 10.4. The Bertz CT molecular complexity index is 251. The highest BCUT2D eigenvalue weighted by molar-refractivity contribution is 5.80. The van der Waals surface area contributed by atoms with E-state index in [1.807, 2.05) is 20.8 Å². The number of carbonyl (C=O) groups is 1. The van der Waals surface area contributed by atoms with Crippen LogP contribution in [0.4, 0.5) is 0 Å². The van der Waals surface area contributed by atoms with Crippen molar-refractivity contribution < 1.29 is 14.3 Å². The van der Waals surface area contributed by atoms with Crippen molar-refractivity contribution in [3.63, 3.8) is 0 Å². The first-order valence-corrected chi connectivity index (χ1v) is 6.45. The largest absolute Gasteiger partial charge is 0.468 e. The Balaban J connectivity index is 2.36. The van der Waals surface area contributed by atoms with E-state index in [1.54, 1.807) is 0 Å². The molecule has 0 aliphatic heterocycles. The maximum atomic E-state index is 11.8. The van der Waals surface area contributed by atoms with E-state index in [2.05, 4.69) is 5.32 Å². The fraction of sp³-hybridized carbons (Fsp3) is 0.923. The SMILES string of the molecule is COC(=O)C(C)(CCCOC(C)C)NC1CC1. The third-order valence-corrected chi connectivity index (χ3v) is 3.01. The van der Waals surface area contributed by atoms with Crippen LogP contribution in [0.2, 0.25) is 0 Å². The van der Waals surface area contributed by atoms with Crippen molar-refractivity contribution in [1.82, 2.24) is 5.32 Å². The number of rotatable bonds is 8. The van der Waals surface area contributed by atoms with Crippen LogP contribution in [-0.2, 0) is 14.3 Å². The molecule has 1 fully saturated rings. The number of ether oxygens (including phenoxy) is 2. The van der Waals surface area contributed by atoms with Crippen LogP contribution < -0.4 is 5.32 Å². The molecule has 1 saturated carbocycles. The molecule has 0 aromatic heterocycles. The number of nitrogens with one attached hydrogen (secondary N) is 1. The van der Waals surface area contributed by atoms with Gasteiger partial charge in [-0.3, -0.25) is 10.1 Å². The fourth-order valence-electron chi connectivity index (χ4n) is 1.88. The molecule has 1 aliphatic carbocycles. The van der Waals surface area contributed by atoms with Gasteiger partial charge < -0.3 is 9.47 Å². The van der Waals surface area contributed by atoms with Gasteiger partial charge in [-0.25, -0.2) is 0 Å². The van der Waals surface area contributed by atoms with E-state index in [0.29, 0.717) is 12.6 Å². The lowest BCUT2D eigenvalue weighted by molar-refractivity contribution is -0.148. The molecule has 0 radical (unpaired) electrons. The molecular weight excluding hydrogens is 218 g/mol. The molecule has 4 nitrogen and oxygen atoms in total. The van der Waals surface area contributed by atoms with Crippen LogP contribution in [0.15, 0.2) is 0 Å². The van der Waals surface area contributed by atoms with Crippen molar-refractivity contribution in [1.29, 1.82) is 0 Å². The number of hydrogen-bond acceptors (Lipinski definition) is 4. The van der Waals surface area contributed by atoms with Crippen molar-refractivity contribution in [2.24, 2.45) is 0 Å². The van der Waals surface area contributed by atoms with Crippen LogP contribution in [0.1, 0.15) is 46.5 Å². The van der Waals surface area contributed by atoms with E-state index < -0.39 is 5.54 Å². The minimum Gasteiger partial charge on any atom is -0.468 e. The summed E-state index contributed by atoms with van der Waals surface area (Å²) in [4.78, 5) is 11.8. The molecule has 4 heteroatoms. The monoisotopic (exact) mass is 243 g/mol. The Morgan fingerprint density at radius 1 is 1.47 bits per heavy atom. The van der Waals surface area contributed by atoms with Crippen molar-refractivity contribution in [2.75, 3.05) is 13.7 Å². The highest BCUT2D eigenvalue weighted by Gasteiger charge is 2.38. The van der Waals surface area contributed by atoms with Gasteiger partial charge in [-0.1, -0.05) is 0 Å². The van der Waals surface area contributed by atoms with Crippen LogP contribution in [0.25, 0.3) is 0 Å². The molecule has 0 saturated heterocycles. The normalized spacial score (nSPS) is 19.1. The summed E-state index contributed by atoms with van der Waals surface area (Å²) in [5, 5.41) is 3.38. The molecule has 0 aromatic rings. The van der Waals surface area contributed by atoms with Gasteiger partial charge in [-0.15, -0.1) is 0 Å². The average Bonchev–Trinajstić information content (AvgIpc) is 3.06. The number of esters is 1. The van der Waals surface area contributed by atoms with Gasteiger partial charge in [0.05, 0.1) is 13.2 Å². The van der Waals surface area contributed by atoms with Gasteiger partial charge in [0, 0.05) is 12.6 Å². The number of carbonyl (C=O) groups excluding carboxylic acids is 1. The summed E-state index contributed by atoms with van der Waals surface area (Å²) in [6.07, 6.45) is 4.19. The zero-order valence-corrected chi connectivity index (χ0v) is 11.4. The number of methoxy groups -OCH3 is 1. The molecule has 0 aromatic carbocycles. The number of hydrogen-bond donors (Lipinski definition) is 1. The third-order valence-electron chi connectivity index (χ3n) is 3.01. The van der Waals surface area contributed by atoms with E-state index in [4.69, 9.17) is 9.47 Å². The fourth-order valence-corrected chi connectivity index (χ4v) is 1.88. The van der Waals surface area contributed by atoms with Gasteiger partial charge in [0.2, 0.25) is 0 Å². The molecule has 1 rings (SSSR count). The molecule has 17 heavy (non-hydrogen) atoms. The molecule has 100 valence electrons. The first-order chi connectivity index (χ1) is 7.98. The molecular formula is C13H25NO3. The zero-order valence-electron chi connectivity index (χ0n) is 11.4. The Hall–Kier alpha value is -0.610. The highest BCUT2D eigenvalue weighted by Crippen LogP contribution is 2.25. The standard InChI is InChI=1S/C13H25NO3/c1-10(2)17-9-5-8-13(3,12(15)16-4)14-11-6-7-11/h10-11,14H,5-9H2,1-4H3. The predicted octanol–water partition coefficient (Wildman–Crippen LogP) is 1.88. The molecule has 1 unspecified atom stereocenters. The smallest absolute Gasteiger partial charge is 0.325 e. The van der Waals surface area contributed by atoms with E-state index in [9.17, 15) is 4.79 Å². The lowest BCUT2D eigenvalue weighted by Gasteiger charge is -2.28. The van der Waals surface area contributed by atoms with Crippen LogP contribution in [0, 0.1) is 0 Å². The van der Waals surface area contributed by atoms with Gasteiger partial charge in [0.15, 0.2) is 0 Å². The van der Waals surface area contributed by atoms with Crippen molar-refractivity contribution in [2.45, 2.75) is 64.1 Å². The summed E-state index contributed by atoms with van der Waals surface area (Å²) in [7, 11) is 1.44. The van der Waals surface area contributed by atoms with E-state index in [0.717, 1.165) is 25.7 Å². The molecule has 0 spiro atoms. The Morgan fingerprint density at radius 2 is 2.12 bits per heavy atom.